The van der Waals surface area contributed by atoms with Crippen molar-refractivity contribution in [3.63, 3.8) is 0 Å². The molecule has 1 aromatic carbocycles. The van der Waals surface area contributed by atoms with Gasteiger partial charge in [0.05, 0.1) is 11.4 Å². The summed E-state index contributed by atoms with van der Waals surface area (Å²) < 4.78 is 0. The summed E-state index contributed by atoms with van der Waals surface area (Å²) in [5.41, 5.74) is 2.54. The molecular formula is C20H24N4. The Morgan fingerprint density at radius 1 is 0.958 bits per heavy atom. The standard InChI is InChI=1S/C20H24N4/c1-3-5-13-23-18-9-7-8-10-19(18)24(14-6-4-2)20(23)12-11-17(15-21)16-22/h7-12H,3-6,13-14H2,1-2H3. The number of nitrogens with zero attached hydrogens (tertiary/aromatic N) is 4. The van der Waals surface area contributed by atoms with E-state index in [0.29, 0.717) is 0 Å². The van der Waals surface area contributed by atoms with Crippen molar-refractivity contribution in [3.05, 3.63) is 47.8 Å². The summed E-state index contributed by atoms with van der Waals surface area (Å²) in [7, 11) is 0. The lowest BCUT2D eigenvalue weighted by molar-refractivity contribution is 0.735. The van der Waals surface area contributed by atoms with Crippen LogP contribution in [-0.2, 0) is 0 Å². The van der Waals surface area contributed by atoms with Crippen molar-refractivity contribution < 1.29 is 0 Å². The fraction of sp³-hybridized carbons (Fsp3) is 0.400. The third-order valence-electron chi connectivity index (χ3n) is 4.13. The minimum atomic E-state index is 0.129. The topological polar surface area (TPSA) is 54.1 Å². The summed E-state index contributed by atoms with van der Waals surface area (Å²) in [5, 5.41) is 18.0. The van der Waals surface area contributed by atoms with Gasteiger partial charge in [0.15, 0.2) is 0 Å². The third kappa shape index (κ3) is 3.78. The third-order valence-corrected chi connectivity index (χ3v) is 4.13. The number of unbranched alkanes of at least 4 members (excludes halogenated alkanes) is 2. The maximum atomic E-state index is 8.99. The van der Waals surface area contributed by atoms with Gasteiger partial charge in [0.25, 0.3) is 0 Å². The first-order valence-electron chi connectivity index (χ1n) is 8.63. The molecule has 0 radical (unpaired) electrons. The average Bonchev–Trinajstić information content (AvgIpc) is 2.92. The van der Waals surface area contributed by atoms with E-state index in [4.69, 9.17) is 10.5 Å². The molecule has 1 aromatic rings. The molecule has 0 aliphatic carbocycles. The summed E-state index contributed by atoms with van der Waals surface area (Å²) >= 11 is 0. The van der Waals surface area contributed by atoms with E-state index in [1.54, 1.807) is 6.08 Å². The average molecular weight is 320 g/mol. The van der Waals surface area contributed by atoms with Crippen molar-refractivity contribution >= 4 is 11.4 Å². The second-order valence-corrected chi connectivity index (χ2v) is 5.83. The number of para-hydroxylation sites is 2. The van der Waals surface area contributed by atoms with Crippen molar-refractivity contribution in [2.75, 3.05) is 22.9 Å². The van der Waals surface area contributed by atoms with Crippen LogP contribution in [0.2, 0.25) is 0 Å². The second kappa shape index (κ2) is 8.79. The van der Waals surface area contributed by atoms with Gasteiger partial charge in [-0.3, -0.25) is 0 Å². The first-order chi connectivity index (χ1) is 11.8. The molecule has 0 aromatic heterocycles. The van der Waals surface area contributed by atoms with Crippen LogP contribution in [0.15, 0.2) is 47.8 Å². The van der Waals surface area contributed by atoms with Crippen LogP contribution in [0, 0.1) is 22.7 Å². The number of hydrogen-bond acceptors (Lipinski definition) is 4. The van der Waals surface area contributed by atoms with Gasteiger partial charge in [-0.05, 0) is 37.1 Å². The van der Waals surface area contributed by atoms with Gasteiger partial charge in [0, 0.05) is 13.1 Å². The van der Waals surface area contributed by atoms with Crippen LogP contribution >= 0.6 is 0 Å². The summed E-state index contributed by atoms with van der Waals surface area (Å²) in [6.45, 7) is 6.24. The Morgan fingerprint density at radius 3 is 1.88 bits per heavy atom. The van der Waals surface area contributed by atoms with Gasteiger partial charge >= 0.3 is 0 Å². The number of allylic oxidation sites excluding steroid dienone is 3. The van der Waals surface area contributed by atoms with Crippen LogP contribution in [0.25, 0.3) is 0 Å². The van der Waals surface area contributed by atoms with Crippen LogP contribution in [0.4, 0.5) is 11.4 Å². The number of anilines is 2. The Kier molecular flexibility index (Phi) is 6.46. The van der Waals surface area contributed by atoms with E-state index >= 15 is 0 Å². The van der Waals surface area contributed by atoms with Gasteiger partial charge in [0.1, 0.15) is 23.5 Å². The molecule has 1 aliphatic rings. The number of fused-ring (bicyclic) bond motifs is 1. The van der Waals surface area contributed by atoms with Crippen molar-refractivity contribution in [3.8, 4) is 12.1 Å². The van der Waals surface area contributed by atoms with E-state index in [9.17, 15) is 0 Å². The molecule has 0 fully saturated rings. The minimum Gasteiger partial charge on any atom is -0.326 e. The van der Waals surface area contributed by atoms with E-state index in [-0.39, 0.29) is 5.57 Å². The van der Waals surface area contributed by atoms with E-state index in [2.05, 4.69) is 47.9 Å². The SMILES string of the molecule is CCCCN1C(=CC=C(C#N)C#N)N(CCCC)c2ccccc21. The number of nitriles is 2. The van der Waals surface area contributed by atoms with E-state index in [1.807, 2.05) is 18.2 Å². The van der Waals surface area contributed by atoms with Crippen LogP contribution in [-0.4, -0.2) is 13.1 Å². The lowest BCUT2D eigenvalue weighted by atomic mass is 10.2. The first kappa shape index (κ1) is 17.6. The molecule has 0 spiro atoms. The van der Waals surface area contributed by atoms with Gasteiger partial charge in [-0.2, -0.15) is 10.5 Å². The lowest BCUT2D eigenvalue weighted by Gasteiger charge is -2.25. The van der Waals surface area contributed by atoms with Crippen molar-refractivity contribution in [1.29, 1.82) is 10.5 Å². The highest BCUT2D eigenvalue weighted by Crippen LogP contribution is 2.41. The number of hydrogen-bond donors (Lipinski definition) is 0. The maximum Gasteiger partial charge on any atom is 0.129 e. The van der Waals surface area contributed by atoms with Crippen LogP contribution in [0.3, 0.4) is 0 Å². The van der Waals surface area contributed by atoms with Gasteiger partial charge in [0.2, 0.25) is 0 Å². The first-order valence-corrected chi connectivity index (χ1v) is 8.63. The maximum absolute atomic E-state index is 8.99. The molecule has 0 N–H and O–H groups in total. The van der Waals surface area contributed by atoms with Gasteiger partial charge in [-0.25, -0.2) is 0 Å². The molecule has 0 amide bonds. The van der Waals surface area contributed by atoms with Gasteiger partial charge < -0.3 is 9.80 Å². The van der Waals surface area contributed by atoms with E-state index in [0.717, 1.165) is 44.6 Å². The van der Waals surface area contributed by atoms with Gasteiger partial charge in [-0.1, -0.05) is 38.8 Å². The fourth-order valence-electron chi connectivity index (χ4n) is 2.85. The molecule has 0 bridgehead atoms. The zero-order valence-corrected chi connectivity index (χ0v) is 14.5. The molecule has 2 rings (SSSR count). The van der Waals surface area contributed by atoms with E-state index in [1.165, 1.54) is 11.4 Å². The summed E-state index contributed by atoms with van der Waals surface area (Å²) in [6.07, 6.45) is 7.98. The summed E-state index contributed by atoms with van der Waals surface area (Å²) in [5.74, 6) is 1.06. The molecule has 4 nitrogen and oxygen atoms in total. The summed E-state index contributed by atoms with van der Waals surface area (Å²) in [4.78, 5) is 4.61. The molecule has 24 heavy (non-hydrogen) atoms. The number of benzene rings is 1. The van der Waals surface area contributed by atoms with Crippen molar-refractivity contribution in [1.82, 2.24) is 0 Å². The fourth-order valence-corrected chi connectivity index (χ4v) is 2.85. The molecule has 4 heteroatoms. The zero-order valence-electron chi connectivity index (χ0n) is 14.5. The smallest absolute Gasteiger partial charge is 0.129 e. The van der Waals surface area contributed by atoms with Crippen LogP contribution < -0.4 is 9.80 Å². The monoisotopic (exact) mass is 320 g/mol. The predicted octanol–water partition coefficient (Wildman–Crippen LogP) is 4.73. The molecule has 0 saturated carbocycles. The highest BCUT2D eigenvalue weighted by molar-refractivity contribution is 5.82. The zero-order chi connectivity index (χ0) is 17.4. The molecular weight excluding hydrogens is 296 g/mol. The normalized spacial score (nSPS) is 12.4. The number of rotatable bonds is 7. The minimum absolute atomic E-state index is 0.129. The van der Waals surface area contributed by atoms with Crippen LogP contribution in [0.1, 0.15) is 39.5 Å². The van der Waals surface area contributed by atoms with Crippen LogP contribution in [0.5, 0.6) is 0 Å². The van der Waals surface area contributed by atoms with E-state index < -0.39 is 0 Å². The molecule has 0 atom stereocenters. The molecule has 0 unspecified atom stereocenters. The summed E-state index contributed by atoms with van der Waals surface area (Å²) in [6, 6.07) is 12.3. The largest absolute Gasteiger partial charge is 0.326 e. The van der Waals surface area contributed by atoms with Crippen molar-refractivity contribution in [2.24, 2.45) is 0 Å². The molecule has 1 heterocycles. The molecule has 124 valence electrons. The Morgan fingerprint density at radius 2 is 1.46 bits per heavy atom. The highest BCUT2D eigenvalue weighted by Gasteiger charge is 2.29. The quantitative estimate of drug-likeness (QED) is 0.682. The predicted molar refractivity (Wildman–Crippen MR) is 98.3 cm³/mol. The highest BCUT2D eigenvalue weighted by atomic mass is 15.4. The van der Waals surface area contributed by atoms with Gasteiger partial charge in [-0.15, -0.1) is 0 Å². The van der Waals surface area contributed by atoms with Crippen molar-refractivity contribution in [2.45, 2.75) is 39.5 Å². The Balaban J connectivity index is 2.45. The molecule has 0 saturated heterocycles. The second-order valence-electron chi connectivity index (χ2n) is 5.83. The molecule has 1 aliphatic heterocycles. The Hall–Kier alpha value is -2.72. The Bertz CT molecular complexity index is 650. The Labute approximate surface area is 144 Å². The lowest BCUT2D eigenvalue weighted by Crippen LogP contribution is -2.29.